The molecule has 4 nitrogen and oxygen atoms in total. The zero-order valence-corrected chi connectivity index (χ0v) is 9.91. The molecule has 0 fully saturated rings. The van der Waals surface area contributed by atoms with Crippen LogP contribution in [-0.4, -0.2) is 22.4 Å². The second kappa shape index (κ2) is 4.87. The lowest BCUT2D eigenvalue weighted by Crippen LogP contribution is -2.35. The molecule has 0 saturated heterocycles. The maximum absolute atomic E-state index is 5.83. The van der Waals surface area contributed by atoms with Crippen LogP contribution < -0.4 is 11.1 Å². The summed E-state index contributed by atoms with van der Waals surface area (Å²) < 4.78 is 1.89. The van der Waals surface area contributed by atoms with E-state index in [0.29, 0.717) is 0 Å². The first-order valence-electron chi connectivity index (χ1n) is 4.20. The minimum absolute atomic E-state index is 0. The molecule has 0 radical (unpaired) electrons. The molecule has 82 valence electrons. The van der Waals surface area contributed by atoms with Gasteiger partial charge in [-0.25, -0.2) is 0 Å². The summed E-state index contributed by atoms with van der Waals surface area (Å²) >= 11 is 0. The van der Waals surface area contributed by atoms with E-state index in [9.17, 15) is 0 Å². The highest BCUT2D eigenvalue weighted by atomic mass is 35.5. The highest BCUT2D eigenvalue weighted by molar-refractivity contribution is 5.85. The molecular weight excluding hydrogens is 223 g/mol. The van der Waals surface area contributed by atoms with Gasteiger partial charge >= 0.3 is 0 Å². The maximum atomic E-state index is 5.83. The van der Waals surface area contributed by atoms with Crippen molar-refractivity contribution >= 4 is 30.6 Å². The molecule has 14 heavy (non-hydrogen) atoms. The Morgan fingerprint density at radius 1 is 1.50 bits per heavy atom. The third-order valence-corrected chi connectivity index (χ3v) is 2.34. The molecule has 0 amide bonds. The SMILES string of the molecule is Cc1nn(C)c2c1CC(N)CN2.Cl.Cl. The van der Waals surface area contributed by atoms with E-state index in [1.165, 1.54) is 5.56 Å². The summed E-state index contributed by atoms with van der Waals surface area (Å²) in [6, 6.07) is 0.236. The van der Waals surface area contributed by atoms with Crippen molar-refractivity contribution in [2.75, 3.05) is 11.9 Å². The van der Waals surface area contributed by atoms with Crippen LogP contribution in [0.1, 0.15) is 11.3 Å². The van der Waals surface area contributed by atoms with Gasteiger partial charge in [-0.3, -0.25) is 4.68 Å². The van der Waals surface area contributed by atoms with Crippen LogP contribution in [0.5, 0.6) is 0 Å². The van der Waals surface area contributed by atoms with Crippen molar-refractivity contribution in [3.63, 3.8) is 0 Å². The zero-order valence-electron chi connectivity index (χ0n) is 8.28. The minimum Gasteiger partial charge on any atom is -0.368 e. The van der Waals surface area contributed by atoms with Crippen LogP contribution in [0, 0.1) is 6.92 Å². The van der Waals surface area contributed by atoms with Crippen LogP contribution in [0.3, 0.4) is 0 Å². The molecule has 1 aliphatic heterocycles. The van der Waals surface area contributed by atoms with E-state index >= 15 is 0 Å². The van der Waals surface area contributed by atoms with Crippen molar-refractivity contribution in [3.8, 4) is 0 Å². The number of halogens is 2. The fourth-order valence-electron chi connectivity index (χ4n) is 1.73. The van der Waals surface area contributed by atoms with Crippen molar-refractivity contribution in [1.29, 1.82) is 0 Å². The van der Waals surface area contributed by atoms with Gasteiger partial charge in [0.25, 0.3) is 0 Å². The Morgan fingerprint density at radius 3 is 2.79 bits per heavy atom. The molecule has 1 aromatic rings. The predicted octanol–water partition coefficient (Wildman–Crippen LogP) is 0.867. The van der Waals surface area contributed by atoms with Crippen molar-refractivity contribution in [2.45, 2.75) is 19.4 Å². The van der Waals surface area contributed by atoms with Gasteiger partial charge < -0.3 is 11.1 Å². The van der Waals surface area contributed by atoms with Gasteiger partial charge in [-0.15, -0.1) is 24.8 Å². The summed E-state index contributed by atoms with van der Waals surface area (Å²) in [7, 11) is 1.95. The van der Waals surface area contributed by atoms with E-state index in [1.807, 2.05) is 18.7 Å². The third-order valence-electron chi connectivity index (χ3n) is 2.34. The number of nitrogens with zero attached hydrogens (tertiary/aromatic N) is 2. The molecule has 3 N–H and O–H groups in total. The topological polar surface area (TPSA) is 55.9 Å². The summed E-state index contributed by atoms with van der Waals surface area (Å²) in [4.78, 5) is 0. The Balaban J connectivity index is 0.000000845. The van der Waals surface area contributed by atoms with Gasteiger partial charge in [0.2, 0.25) is 0 Å². The Bertz CT molecular complexity index is 311. The molecule has 0 saturated carbocycles. The molecule has 1 atom stereocenters. The van der Waals surface area contributed by atoms with E-state index in [2.05, 4.69) is 10.4 Å². The predicted molar refractivity (Wildman–Crippen MR) is 62.6 cm³/mol. The first kappa shape index (κ1) is 13.5. The number of aromatic nitrogens is 2. The minimum atomic E-state index is 0. The molecule has 2 rings (SSSR count). The molecular formula is C8H16Cl2N4. The monoisotopic (exact) mass is 238 g/mol. The van der Waals surface area contributed by atoms with Crippen LogP contribution in [0.25, 0.3) is 0 Å². The van der Waals surface area contributed by atoms with E-state index in [4.69, 9.17) is 5.73 Å². The fraction of sp³-hybridized carbons (Fsp3) is 0.625. The van der Waals surface area contributed by atoms with Crippen molar-refractivity contribution in [2.24, 2.45) is 12.8 Å². The van der Waals surface area contributed by atoms with E-state index in [1.54, 1.807) is 0 Å². The lowest BCUT2D eigenvalue weighted by atomic mass is 10.0. The van der Waals surface area contributed by atoms with Gasteiger partial charge in [-0.2, -0.15) is 5.10 Å². The smallest absolute Gasteiger partial charge is 0.127 e. The van der Waals surface area contributed by atoms with Crippen LogP contribution >= 0.6 is 24.8 Å². The standard InChI is InChI=1S/C8H14N4.2ClH/c1-5-7-3-6(9)4-10-8(7)12(2)11-5;;/h6,10H,3-4,9H2,1-2H3;2*1H. The average Bonchev–Trinajstić information content (AvgIpc) is 2.28. The fourth-order valence-corrected chi connectivity index (χ4v) is 1.73. The number of aryl methyl sites for hydroxylation is 2. The van der Waals surface area contributed by atoms with Crippen molar-refractivity contribution in [1.82, 2.24) is 9.78 Å². The maximum Gasteiger partial charge on any atom is 0.127 e. The van der Waals surface area contributed by atoms with E-state index < -0.39 is 0 Å². The summed E-state index contributed by atoms with van der Waals surface area (Å²) in [6.45, 7) is 2.88. The largest absolute Gasteiger partial charge is 0.368 e. The van der Waals surface area contributed by atoms with E-state index in [0.717, 1.165) is 24.5 Å². The Morgan fingerprint density at radius 2 is 2.14 bits per heavy atom. The van der Waals surface area contributed by atoms with Crippen LogP contribution in [0.15, 0.2) is 0 Å². The molecule has 0 bridgehead atoms. The average molecular weight is 239 g/mol. The Kier molecular flexibility index (Phi) is 4.71. The Labute approximate surface area is 96.1 Å². The number of hydrogen-bond acceptors (Lipinski definition) is 3. The lowest BCUT2D eigenvalue weighted by molar-refractivity contribution is 0.666. The van der Waals surface area contributed by atoms with Crippen molar-refractivity contribution in [3.05, 3.63) is 11.3 Å². The summed E-state index contributed by atoms with van der Waals surface area (Å²) in [6.07, 6.45) is 0.946. The molecule has 0 aliphatic carbocycles. The molecule has 0 spiro atoms. The zero-order chi connectivity index (χ0) is 8.72. The van der Waals surface area contributed by atoms with Gasteiger partial charge in [0.1, 0.15) is 5.82 Å². The molecule has 1 aliphatic rings. The molecule has 1 aromatic heterocycles. The second-order valence-electron chi connectivity index (χ2n) is 3.38. The number of hydrogen-bond donors (Lipinski definition) is 2. The number of rotatable bonds is 0. The lowest BCUT2D eigenvalue weighted by Gasteiger charge is -2.20. The van der Waals surface area contributed by atoms with E-state index in [-0.39, 0.29) is 30.9 Å². The van der Waals surface area contributed by atoms with Crippen LogP contribution in [0.4, 0.5) is 5.82 Å². The van der Waals surface area contributed by atoms with Gasteiger partial charge in [-0.05, 0) is 13.3 Å². The molecule has 6 heteroatoms. The quantitative estimate of drug-likeness (QED) is 0.706. The van der Waals surface area contributed by atoms with Crippen molar-refractivity contribution < 1.29 is 0 Å². The number of nitrogens with one attached hydrogen (secondary N) is 1. The van der Waals surface area contributed by atoms with Crippen LogP contribution in [0.2, 0.25) is 0 Å². The Hall–Kier alpha value is -0.450. The summed E-state index contributed by atoms with van der Waals surface area (Å²) in [5, 5.41) is 7.60. The number of fused-ring (bicyclic) bond motifs is 1. The van der Waals surface area contributed by atoms with Gasteiger partial charge in [0.15, 0.2) is 0 Å². The first-order chi connectivity index (χ1) is 5.68. The number of anilines is 1. The van der Waals surface area contributed by atoms with Gasteiger partial charge in [-0.1, -0.05) is 0 Å². The highest BCUT2D eigenvalue weighted by Crippen LogP contribution is 2.23. The summed E-state index contributed by atoms with van der Waals surface area (Å²) in [5.41, 5.74) is 8.20. The molecule has 0 aromatic carbocycles. The van der Waals surface area contributed by atoms with Gasteiger partial charge in [0, 0.05) is 25.2 Å². The second-order valence-corrected chi connectivity index (χ2v) is 3.38. The molecule has 2 heterocycles. The normalized spacial score (nSPS) is 18.6. The summed E-state index contributed by atoms with van der Waals surface area (Å²) in [5.74, 6) is 1.13. The third kappa shape index (κ3) is 2.13. The highest BCUT2D eigenvalue weighted by Gasteiger charge is 2.20. The van der Waals surface area contributed by atoms with Gasteiger partial charge in [0.05, 0.1) is 5.69 Å². The first-order valence-corrected chi connectivity index (χ1v) is 4.20. The van der Waals surface area contributed by atoms with Crippen LogP contribution in [-0.2, 0) is 13.5 Å². The number of nitrogens with two attached hydrogens (primary N) is 1. The molecule has 1 unspecified atom stereocenters.